The number of methoxy groups -OCH3 is 1. The van der Waals surface area contributed by atoms with Crippen LogP contribution in [-0.4, -0.2) is 35.7 Å². The first-order chi connectivity index (χ1) is 19.6. The van der Waals surface area contributed by atoms with Crippen molar-refractivity contribution < 1.29 is 28.9 Å². The lowest BCUT2D eigenvalue weighted by atomic mass is 10.1. The molecule has 0 saturated carbocycles. The highest BCUT2D eigenvalue weighted by Gasteiger charge is 2.34. The van der Waals surface area contributed by atoms with Crippen LogP contribution in [0.5, 0.6) is 11.5 Å². The molecular formula is C29H21BrCl3NO6S. The molecule has 4 rings (SSSR count). The van der Waals surface area contributed by atoms with Crippen molar-refractivity contribution in [2.45, 2.75) is 13.5 Å². The van der Waals surface area contributed by atoms with E-state index in [1.165, 1.54) is 13.2 Å². The number of carbonyl (C=O) groups excluding carboxylic acids is 2. The van der Waals surface area contributed by atoms with Gasteiger partial charge in [-0.1, -0.05) is 64.8 Å². The highest BCUT2D eigenvalue weighted by molar-refractivity contribution is 9.10. The van der Waals surface area contributed by atoms with Crippen LogP contribution in [0.1, 0.15) is 28.4 Å². The second-order valence-corrected chi connectivity index (χ2v) is 11.5. The number of aliphatic hydroxyl groups is 1. The minimum Gasteiger partial charge on any atom is -0.506 e. The number of ether oxygens (including phenoxy) is 3. The normalized spacial score (nSPS) is 15.0. The van der Waals surface area contributed by atoms with Crippen LogP contribution in [0.3, 0.4) is 0 Å². The van der Waals surface area contributed by atoms with Gasteiger partial charge in [0.1, 0.15) is 23.0 Å². The van der Waals surface area contributed by atoms with Gasteiger partial charge in [-0.2, -0.15) is 0 Å². The Morgan fingerprint density at radius 3 is 2.51 bits per heavy atom. The topological polar surface area (TPSA) is 94.4 Å². The lowest BCUT2D eigenvalue weighted by Crippen LogP contribution is -2.14. The monoisotopic (exact) mass is 695 g/mol. The molecule has 0 fully saturated rings. The third-order valence-corrected chi connectivity index (χ3v) is 8.14. The first kappa shape index (κ1) is 31.0. The van der Waals surface area contributed by atoms with E-state index in [0.717, 1.165) is 17.3 Å². The van der Waals surface area contributed by atoms with Crippen molar-refractivity contribution in [2.24, 2.45) is 4.99 Å². The molecule has 1 amide bonds. The Bertz CT molecular complexity index is 1620. The summed E-state index contributed by atoms with van der Waals surface area (Å²) in [6.07, 6.45) is 1.62. The number of aliphatic imine (C=N–C) groups is 1. The van der Waals surface area contributed by atoms with Crippen LogP contribution in [0.15, 0.2) is 80.3 Å². The maximum atomic E-state index is 12.9. The van der Waals surface area contributed by atoms with E-state index in [4.69, 9.17) is 49.0 Å². The third-order valence-electron chi connectivity index (χ3n) is 5.61. The molecule has 1 heterocycles. The summed E-state index contributed by atoms with van der Waals surface area (Å²) in [5.41, 5.74) is 1.28. The lowest BCUT2D eigenvalue weighted by molar-refractivity contribution is -0.138. The zero-order chi connectivity index (χ0) is 29.7. The number of esters is 1. The summed E-state index contributed by atoms with van der Waals surface area (Å²) in [5.74, 6) is -1.02. The molecule has 0 unspecified atom stereocenters. The fraction of sp³-hybridized carbons (Fsp3) is 0.138. The minimum atomic E-state index is -0.810. The van der Waals surface area contributed by atoms with Gasteiger partial charge in [0, 0.05) is 15.6 Å². The van der Waals surface area contributed by atoms with Gasteiger partial charge in [0.05, 0.1) is 33.7 Å². The van der Waals surface area contributed by atoms with Crippen LogP contribution in [0.4, 0.5) is 0 Å². The molecule has 3 aromatic rings. The smallest absolute Gasteiger partial charge is 0.344 e. The van der Waals surface area contributed by atoms with E-state index >= 15 is 0 Å². The summed E-state index contributed by atoms with van der Waals surface area (Å²) in [7, 11) is 1.49. The molecule has 41 heavy (non-hydrogen) atoms. The highest BCUT2D eigenvalue weighted by Crippen LogP contribution is 2.42. The fourth-order valence-electron chi connectivity index (χ4n) is 3.68. The molecule has 0 atom stereocenters. The van der Waals surface area contributed by atoms with Gasteiger partial charge in [-0.25, -0.2) is 9.79 Å². The largest absolute Gasteiger partial charge is 0.506 e. The van der Waals surface area contributed by atoms with E-state index in [0.29, 0.717) is 31.6 Å². The van der Waals surface area contributed by atoms with E-state index in [2.05, 4.69) is 20.9 Å². The minimum absolute atomic E-state index is 0.0112. The number of benzene rings is 3. The van der Waals surface area contributed by atoms with Crippen molar-refractivity contribution in [1.82, 2.24) is 0 Å². The van der Waals surface area contributed by atoms with Gasteiger partial charge in [0.15, 0.2) is 11.5 Å². The Morgan fingerprint density at radius 1 is 1.07 bits per heavy atom. The second-order valence-electron chi connectivity index (χ2n) is 8.32. The molecule has 3 aromatic carbocycles. The predicted octanol–water partition coefficient (Wildman–Crippen LogP) is 8.70. The average molecular weight is 698 g/mol. The zero-order valence-electron chi connectivity index (χ0n) is 21.5. The number of nitrogens with zero attached hydrogens (tertiary/aromatic N) is 1. The molecular weight excluding hydrogens is 677 g/mol. The van der Waals surface area contributed by atoms with Crippen LogP contribution in [0, 0.1) is 0 Å². The van der Waals surface area contributed by atoms with Gasteiger partial charge >= 0.3 is 5.97 Å². The maximum Gasteiger partial charge on any atom is 0.344 e. The van der Waals surface area contributed by atoms with Crippen LogP contribution in [0.2, 0.25) is 15.1 Å². The third kappa shape index (κ3) is 7.28. The molecule has 0 spiro atoms. The van der Waals surface area contributed by atoms with Gasteiger partial charge in [-0.05, 0) is 70.9 Å². The number of rotatable bonds is 8. The number of amides is 1. The molecule has 0 aromatic heterocycles. The number of hydrogen-bond donors (Lipinski definition) is 1. The van der Waals surface area contributed by atoms with E-state index in [-0.39, 0.29) is 45.1 Å². The number of halogens is 4. The summed E-state index contributed by atoms with van der Waals surface area (Å²) in [6, 6.07) is 15.0. The Balaban J connectivity index is 1.67. The lowest BCUT2D eigenvalue weighted by Gasteiger charge is -2.14. The Kier molecular flexibility index (Phi) is 10.4. The van der Waals surface area contributed by atoms with Crippen LogP contribution in [0.25, 0.3) is 6.08 Å². The van der Waals surface area contributed by atoms with Crippen LogP contribution >= 0.6 is 62.5 Å². The first-order valence-electron chi connectivity index (χ1n) is 11.9. The first-order valence-corrected chi connectivity index (χ1v) is 14.7. The molecule has 0 aliphatic carbocycles. The summed E-state index contributed by atoms with van der Waals surface area (Å²) in [5, 5.41) is 12.2. The van der Waals surface area contributed by atoms with Crippen LogP contribution in [-0.2, 0) is 16.1 Å². The van der Waals surface area contributed by atoms with E-state index in [9.17, 15) is 14.7 Å². The molecule has 1 aliphatic rings. The van der Waals surface area contributed by atoms with Crippen molar-refractivity contribution in [3.05, 3.63) is 107 Å². The second kappa shape index (κ2) is 13.8. The summed E-state index contributed by atoms with van der Waals surface area (Å²) >= 11 is 22.9. The van der Waals surface area contributed by atoms with E-state index < -0.39 is 11.9 Å². The van der Waals surface area contributed by atoms with Crippen molar-refractivity contribution in [2.75, 3.05) is 13.7 Å². The van der Waals surface area contributed by atoms with Crippen LogP contribution < -0.4 is 9.47 Å². The fourth-order valence-corrected chi connectivity index (χ4v) is 5.95. The van der Waals surface area contributed by atoms with E-state index in [1.807, 2.05) is 0 Å². The molecule has 212 valence electrons. The number of thioether (sulfide) groups is 1. The molecule has 0 bridgehead atoms. The van der Waals surface area contributed by atoms with Crippen molar-refractivity contribution in [3.8, 4) is 11.5 Å². The van der Waals surface area contributed by atoms with Crippen molar-refractivity contribution in [1.29, 1.82) is 0 Å². The van der Waals surface area contributed by atoms with Crippen molar-refractivity contribution >= 4 is 85.5 Å². The van der Waals surface area contributed by atoms with E-state index in [1.54, 1.807) is 61.5 Å². The Hall–Kier alpha value is -2.95. The van der Waals surface area contributed by atoms with Gasteiger partial charge in [0.25, 0.3) is 5.91 Å². The van der Waals surface area contributed by atoms with Gasteiger partial charge in [0.2, 0.25) is 0 Å². The summed E-state index contributed by atoms with van der Waals surface area (Å²) in [6.45, 7) is 1.86. The standard InChI is InChI=1S/C29H21BrCl3NO6S/c1-3-39-29(37)24-25(35)23(41-28(24)34-27(36)18-6-4-5-7-20(18)32)12-15-10-19(30)26(22(11-15)38-2)40-14-16-8-9-17(31)13-21(16)33/h4-13,35H,3,14H2,1-2H3/b23-12-,34-28?. The van der Waals surface area contributed by atoms with Crippen molar-refractivity contribution in [3.63, 3.8) is 0 Å². The highest BCUT2D eigenvalue weighted by atomic mass is 79.9. The summed E-state index contributed by atoms with van der Waals surface area (Å²) < 4.78 is 17.2. The summed E-state index contributed by atoms with van der Waals surface area (Å²) in [4.78, 5) is 30.0. The number of carbonyl (C=O) groups is 2. The molecule has 7 nitrogen and oxygen atoms in total. The molecule has 12 heteroatoms. The zero-order valence-corrected chi connectivity index (χ0v) is 26.2. The Morgan fingerprint density at radius 2 is 1.83 bits per heavy atom. The SMILES string of the molecule is CCOC(=O)C1=C(O)/C(=C/c2cc(Br)c(OCc3ccc(Cl)cc3Cl)c(OC)c2)SC1=NC(=O)c1ccccc1Cl. The predicted molar refractivity (Wildman–Crippen MR) is 167 cm³/mol. The number of hydrogen-bond acceptors (Lipinski definition) is 7. The maximum absolute atomic E-state index is 12.9. The molecule has 1 N–H and O–H groups in total. The quantitative estimate of drug-likeness (QED) is 0.236. The molecule has 1 aliphatic heterocycles. The van der Waals surface area contributed by atoms with Gasteiger partial charge in [-0.3, -0.25) is 4.79 Å². The molecule has 0 radical (unpaired) electrons. The van der Waals surface area contributed by atoms with Gasteiger partial charge < -0.3 is 19.3 Å². The van der Waals surface area contributed by atoms with Gasteiger partial charge in [-0.15, -0.1) is 0 Å². The molecule has 0 saturated heterocycles. The number of aliphatic hydroxyl groups excluding tert-OH is 1. The average Bonchev–Trinajstić information content (AvgIpc) is 3.22. The Labute approximate surface area is 263 Å².